The highest BCUT2D eigenvalue weighted by atomic mass is 16.5. The Balaban J connectivity index is 2.22. The SMILES string of the molecule is COc1ncccc1C(Cc1nnn(C)n1)NN. The number of ether oxygens (including phenoxy) is 1. The maximum absolute atomic E-state index is 5.57. The number of methoxy groups -OCH3 is 1. The lowest BCUT2D eigenvalue weighted by Gasteiger charge is -2.16. The van der Waals surface area contributed by atoms with Gasteiger partial charge in [-0.3, -0.25) is 11.3 Å². The molecule has 1 atom stereocenters. The van der Waals surface area contributed by atoms with E-state index in [0.717, 1.165) is 5.56 Å². The van der Waals surface area contributed by atoms with Gasteiger partial charge >= 0.3 is 0 Å². The van der Waals surface area contributed by atoms with Crippen molar-refractivity contribution in [1.29, 1.82) is 0 Å². The van der Waals surface area contributed by atoms with E-state index in [1.165, 1.54) is 4.80 Å². The van der Waals surface area contributed by atoms with Crippen LogP contribution in [0, 0.1) is 0 Å². The Morgan fingerprint density at radius 1 is 1.56 bits per heavy atom. The van der Waals surface area contributed by atoms with Crippen LogP contribution < -0.4 is 16.0 Å². The molecule has 2 aromatic heterocycles. The van der Waals surface area contributed by atoms with Crippen molar-refractivity contribution in [2.75, 3.05) is 7.11 Å². The van der Waals surface area contributed by atoms with Gasteiger partial charge in [-0.2, -0.15) is 4.80 Å². The normalized spacial score (nSPS) is 12.4. The van der Waals surface area contributed by atoms with Crippen LogP contribution in [-0.2, 0) is 13.5 Å². The van der Waals surface area contributed by atoms with E-state index >= 15 is 0 Å². The van der Waals surface area contributed by atoms with Gasteiger partial charge in [-0.15, -0.1) is 10.2 Å². The number of nitrogens with zero attached hydrogens (tertiary/aromatic N) is 5. The van der Waals surface area contributed by atoms with E-state index in [2.05, 4.69) is 25.8 Å². The molecule has 0 amide bonds. The van der Waals surface area contributed by atoms with Gasteiger partial charge in [-0.25, -0.2) is 4.98 Å². The molecule has 0 aliphatic carbocycles. The van der Waals surface area contributed by atoms with Crippen LogP contribution in [0.4, 0.5) is 0 Å². The average Bonchev–Trinajstić information content (AvgIpc) is 2.81. The Bertz CT molecular complexity index is 512. The Morgan fingerprint density at radius 3 is 3.00 bits per heavy atom. The van der Waals surface area contributed by atoms with Gasteiger partial charge in [0.25, 0.3) is 0 Å². The molecule has 18 heavy (non-hydrogen) atoms. The first kappa shape index (κ1) is 12.4. The lowest BCUT2D eigenvalue weighted by atomic mass is 10.1. The summed E-state index contributed by atoms with van der Waals surface area (Å²) in [6, 6.07) is 3.54. The first-order valence-corrected chi connectivity index (χ1v) is 5.42. The van der Waals surface area contributed by atoms with Crippen LogP contribution in [0.5, 0.6) is 5.88 Å². The summed E-state index contributed by atoms with van der Waals surface area (Å²) < 4.78 is 5.20. The third-order valence-corrected chi connectivity index (χ3v) is 2.51. The molecule has 2 rings (SSSR count). The van der Waals surface area contributed by atoms with Crippen LogP contribution in [0.15, 0.2) is 18.3 Å². The van der Waals surface area contributed by atoms with E-state index < -0.39 is 0 Å². The Hall–Kier alpha value is -2.06. The van der Waals surface area contributed by atoms with Crippen molar-refractivity contribution in [2.24, 2.45) is 12.9 Å². The lowest BCUT2D eigenvalue weighted by molar-refractivity contribution is 0.381. The standard InChI is InChI=1S/C10H15N7O/c1-17-15-9(14-16-17)6-8(13-11)7-4-3-5-12-10(7)18-2/h3-5,8,13H,6,11H2,1-2H3. The third-order valence-electron chi connectivity index (χ3n) is 2.51. The summed E-state index contributed by atoms with van der Waals surface area (Å²) in [4.78, 5) is 5.54. The fraction of sp³-hybridized carbons (Fsp3) is 0.400. The molecule has 3 N–H and O–H groups in total. The average molecular weight is 249 g/mol. The number of aryl methyl sites for hydroxylation is 1. The first-order valence-electron chi connectivity index (χ1n) is 5.42. The van der Waals surface area contributed by atoms with E-state index in [4.69, 9.17) is 10.6 Å². The summed E-state index contributed by atoms with van der Waals surface area (Å²) in [5.41, 5.74) is 3.57. The second-order valence-electron chi connectivity index (χ2n) is 3.72. The molecule has 8 heteroatoms. The zero-order valence-corrected chi connectivity index (χ0v) is 10.2. The fourth-order valence-corrected chi connectivity index (χ4v) is 1.69. The molecule has 0 saturated carbocycles. The molecular formula is C10H15N7O. The molecule has 0 spiro atoms. The minimum absolute atomic E-state index is 0.183. The number of hydrogen-bond acceptors (Lipinski definition) is 7. The van der Waals surface area contributed by atoms with E-state index in [1.54, 1.807) is 20.4 Å². The highest BCUT2D eigenvalue weighted by Crippen LogP contribution is 2.23. The molecule has 0 aliphatic rings. The lowest BCUT2D eigenvalue weighted by Crippen LogP contribution is -2.30. The van der Waals surface area contributed by atoms with Crippen LogP contribution >= 0.6 is 0 Å². The molecule has 1 unspecified atom stereocenters. The van der Waals surface area contributed by atoms with Gasteiger partial charge in [0.05, 0.1) is 20.2 Å². The molecule has 96 valence electrons. The predicted molar refractivity (Wildman–Crippen MR) is 63.4 cm³/mol. The zero-order valence-electron chi connectivity index (χ0n) is 10.2. The van der Waals surface area contributed by atoms with Crippen molar-refractivity contribution in [3.8, 4) is 5.88 Å². The minimum Gasteiger partial charge on any atom is -0.481 e. The molecule has 0 radical (unpaired) electrons. The van der Waals surface area contributed by atoms with Crippen LogP contribution in [0.2, 0.25) is 0 Å². The summed E-state index contributed by atoms with van der Waals surface area (Å²) in [6.45, 7) is 0. The molecule has 2 aromatic rings. The van der Waals surface area contributed by atoms with Gasteiger partial charge in [0, 0.05) is 18.2 Å². The van der Waals surface area contributed by atoms with Gasteiger partial charge < -0.3 is 4.74 Å². The van der Waals surface area contributed by atoms with Crippen molar-refractivity contribution in [1.82, 2.24) is 30.6 Å². The number of hydrogen-bond donors (Lipinski definition) is 2. The monoisotopic (exact) mass is 249 g/mol. The smallest absolute Gasteiger partial charge is 0.217 e. The van der Waals surface area contributed by atoms with Gasteiger partial charge in [0.15, 0.2) is 5.82 Å². The fourth-order valence-electron chi connectivity index (χ4n) is 1.69. The van der Waals surface area contributed by atoms with Crippen LogP contribution in [0.3, 0.4) is 0 Å². The van der Waals surface area contributed by atoms with E-state index in [-0.39, 0.29) is 6.04 Å². The Morgan fingerprint density at radius 2 is 2.39 bits per heavy atom. The Kier molecular flexibility index (Phi) is 3.80. The molecule has 0 aliphatic heterocycles. The Labute approximate surface area is 104 Å². The van der Waals surface area contributed by atoms with Crippen molar-refractivity contribution < 1.29 is 4.74 Å². The van der Waals surface area contributed by atoms with E-state index in [0.29, 0.717) is 18.1 Å². The first-order chi connectivity index (χ1) is 8.74. The van der Waals surface area contributed by atoms with Crippen LogP contribution in [0.25, 0.3) is 0 Å². The summed E-state index contributed by atoms with van der Waals surface area (Å²) in [7, 11) is 3.28. The quantitative estimate of drug-likeness (QED) is 0.536. The van der Waals surface area contributed by atoms with Gasteiger partial charge in [0.1, 0.15) is 0 Å². The van der Waals surface area contributed by atoms with Crippen molar-refractivity contribution in [3.05, 3.63) is 29.7 Å². The number of pyridine rings is 1. The third kappa shape index (κ3) is 2.60. The van der Waals surface area contributed by atoms with Gasteiger partial charge in [0.2, 0.25) is 5.88 Å². The zero-order chi connectivity index (χ0) is 13.0. The molecule has 2 heterocycles. The van der Waals surface area contributed by atoms with Crippen molar-refractivity contribution in [3.63, 3.8) is 0 Å². The number of tetrazole rings is 1. The van der Waals surface area contributed by atoms with Crippen LogP contribution in [-0.4, -0.2) is 32.3 Å². The number of rotatable bonds is 5. The topological polar surface area (TPSA) is 104 Å². The molecule has 0 aromatic carbocycles. The van der Waals surface area contributed by atoms with E-state index in [1.807, 2.05) is 12.1 Å². The maximum atomic E-state index is 5.57. The molecule has 8 nitrogen and oxygen atoms in total. The maximum Gasteiger partial charge on any atom is 0.217 e. The second kappa shape index (κ2) is 5.52. The number of aromatic nitrogens is 5. The van der Waals surface area contributed by atoms with Crippen molar-refractivity contribution in [2.45, 2.75) is 12.5 Å². The number of nitrogens with two attached hydrogens (primary N) is 1. The molecule has 0 bridgehead atoms. The second-order valence-corrected chi connectivity index (χ2v) is 3.72. The summed E-state index contributed by atoms with van der Waals surface area (Å²) >= 11 is 0. The number of hydrazine groups is 1. The summed E-state index contributed by atoms with van der Waals surface area (Å²) in [5, 5.41) is 11.8. The molecule has 0 fully saturated rings. The number of nitrogens with one attached hydrogen (secondary N) is 1. The highest BCUT2D eigenvalue weighted by Gasteiger charge is 2.18. The molecule has 0 saturated heterocycles. The highest BCUT2D eigenvalue weighted by molar-refractivity contribution is 5.29. The largest absolute Gasteiger partial charge is 0.481 e. The predicted octanol–water partition coefficient (Wildman–Crippen LogP) is -0.639. The summed E-state index contributed by atoms with van der Waals surface area (Å²) in [5.74, 6) is 6.70. The molecular weight excluding hydrogens is 234 g/mol. The van der Waals surface area contributed by atoms with Crippen molar-refractivity contribution >= 4 is 0 Å². The van der Waals surface area contributed by atoms with Gasteiger partial charge in [-0.1, -0.05) is 6.07 Å². The van der Waals surface area contributed by atoms with Crippen LogP contribution in [0.1, 0.15) is 17.4 Å². The van der Waals surface area contributed by atoms with E-state index in [9.17, 15) is 0 Å². The minimum atomic E-state index is -0.183. The van der Waals surface area contributed by atoms with Gasteiger partial charge in [-0.05, 0) is 11.3 Å². The summed E-state index contributed by atoms with van der Waals surface area (Å²) in [6.07, 6.45) is 2.17.